The minimum atomic E-state index is -0.555. The Hall–Kier alpha value is -5.12. The third kappa shape index (κ3) is 8.11. The number of imidazole rings is 2. The maximum absolute atomic E-state index is 13.1. The lowest BCUT2D eigenvalue weighted by Gasteiger charge is -2.38. The molecule has 278 valence electrons. The SMILES string of the molecule is C[C@H]1CC[C@@H](c2ncc(-c3ccc(-c4ccc5cc(-c6cnc([C@@H]7C[C@H](C)CN7C(=O)OC(C)(C)C)[nH]6)ccc5c4)cc3)[nH]2)N(C(=O)OC(C)(C)C)C1. The number of aromatic amines is 2. The van der Waals surface area contributed by atoms with Crippen LogP contribution >= 0.6 is 0 Å². The van der Waals surface area contributed by atoms with Crippen molar-refractivity contribution in [1.29, 1.82) is 0 Å². The van der Waals surface area contributed by atoms with Crippen molar-refractivity contribution < 1.29 is 19.1 Å². The van der Waals surface area contributed by atoms with E-state index in [1.54, 1.807) is 4.90 Å². The number of ether oxygens (including phenoxy) is 2. The van der Waals surface area contributed by atoms with Crippen molar-refractivity contribution in [2.75, 3.05) is 13.1 Å². The Kier molecular flexibility index (Phi) is 9.59. The number of fused-ring (bicyclic) bond motifs is 1. The van der Waals surface area contributed by atoms with Crippen LogP contribution in [0.25, 0.3) is 44.4 Å². The van der Waals surface area contributed by atoms with E-state index < -0.39 is 11.2 Å². The molecular weight excluding hydrogens is 665 g/mol. The fraction of sp³-hybridized carbons (Fsp3) is 0.442. The Labute approximate surface area is 312 Å². The van der Waals surface area contributed by atoms with E-state index in [0.29, 0.717) is 24.9 Å². The zero-order chi connectivity index (χ0) is 37.7. The second-order valence-corrected chi connectivity index (χ2v) is 17.0. The van der Waals surface area contributed by atoms with Crippen LogP contribution in [0.5, 0.6) is 0 Å². The van der Waals surface area contributed by atoms with Crippen molar-refractivity contribution in [3.05, 3.63) is 84.7 Å². The van der Waals surface area contributed by atoms with Crippen molar-refractivity contribution in [2.45, 2.75) is 97.9 Å². The number of hydrogen-bond acceptors (Lipinski definition) is 6. The molecule has 10 heteroatoms. The first kappa shape index (κ1) is 36.2. The molecule has 2 saturated heterocycles. The third-order valence-electron chi connectivity index (χ3n) is 10.1. The van der Waals surface area contributed by atoms with Gasteiger partial charge in [0, 0.05) is 18.7 Å². The van der Waals surface area contributed by atoms with Crippen molar-refractivity contribution in [3.8, 4) is 33.6 Å². The molecule has 10 nitrogen and oxygen atoms in total. The number of rotatable bonds is 5. The summed E-state index contributed by atoms with van der Waals surface area (Å²) in [6, 6.07) is 21.2. The highest BCUT2D eigenvalue weighted by Crippen LogP contribution is 2.37. The second kappa shape index (κ2) is 14.0. The number of carbonyl (C=O) groups is 2. The van der Waals surface area contributed by atoms with Crippen molar-refractivity contribution >= 4 is 23.0 Å². The molecule has 0 radical (unpaired) electrons. The van der Waals surface area contributed by atoms with Gasteiger partial charge < -0.3 is 19.4 Å². The highest BCUT2D eigenvalue weighted by atomic mass is 16.6. The molecule has 2 fully saturated rings. The summed E-state index contributed by atoms with van der Waals surface area (Å²) in [5.41, 5.74) is 5.06. The monoisotopic (exact) mass is 716 g/mol. The number of carbonyl (C=O) groups excluding carboxylic acids is 2. The Morgan fingerprint density at radius 2 is 1.09 bits per heavy atom. The van der Waals surface area contributed by atoms with Crippen molar-refractivity contribution in [2.24, 2.45) is 11.8 Å². The first-order chi connectivity index (χ1) is 25.1. The smallest absolute Gasteiger partial charge is 0.410 e. The van der Waals surface area contributed by atoms with Gasteiger partial charge in [-0.1, -0.05) is 62.4 Å². The first-order valence-corrected chi connectivity index (χ1v) is 18.8. The number of nitrogens with zero attached hydrogens (tertiary/aromatic N) is 4. The molecule has 0 spiro atoms. The van der Waals surface area contributed by atoms with Gasteiger partial charge in [0.2, 0.25) is 0 Å². The van der Waals surface area contributed by atoms with Crippen molar-refractivity contribution in [3.63, 3.8) is 0 Å². The van der Waals surface area contributed by atoms with E-state index in [1.807, 2.05) is 58.8 Å². The summed E-state index contributed by atoms with van der Waals surface area (Å²) < 4.78 is 11.4. The van der Waals surface area contributed by atoms with E-state index in [0.717, 1.165) is 75.3 Å². The summed E-state index contributed by atoms with van der Waals surface area (Å²) in [4.78, 5) is 46.2. The number of H-pyrrole nitrogens is 2. The van der Waals surface area contributed by atoms with Crippen LogP contribution < -0.4 is 0 Å². The zero-order valence-corrected chi connectivity index (χ0v) is 32.2. The number of nitrogens with one attached hydrogen (secondary N) is 2. The molecule has 2 aliphatic rings. The number of likely N-dealkylation sites (tertiary alicyclic amines) is 2. The molecule has 0 bridgehead atoms. The molecule has 53 heavy (non-hydrogen) atoms. The normalized spacial score (nSPS) is 20.9. The summed E-state index contributed by atoms with van der Waals surface area (Å²) in [5, 5.41) is 2.27. The Morgan fingerprint density at radius 3 is 1.70 bits per heavy atom. The van der Waals surface area contributed by atoms with Gasteiger partial charge >= 0.3 is 12.2 Å². The summed E-state index contributed by atoms with van der Waals surface area (Å²) >= 11 is 0. The summed E-state index contributed by atoms with van der Waals surface area (Å²) in [6.45, 7) is 17.0. The first-order valence-electron chi connectivity index (χ1n) is 18.8. The van der Waals surface area contributed by atoms with E-state index in [-0.39, 0.29) is 24.3 Å². The van der Waals surface area contributed by atoms with E-state index >= 15 is 0 Å². The van der Waals surface area contributed by atoms with Crippen LogP contribution in [0.3, 0.4) is 0 Å². The van der Waals surface area contributed by atoms with Gasteiger partial charge in [0.05, 0.1) is 35.9 Å². The topological polar surface area (TPSA) is 116 Å². The Bertz CT molecular complexity index is 2100. The average Bonchev–Trinajstić information content (AvgIpc) is 3.87. The largest absolute Gasteiger partial charge is 0.444 e. The van der Waals surface area contributed by atoms with E-state index in [1.165, 1.54) is 0 Å². The number of benzene rings is 3. The number of piperidine rings is 1. The highest BCUT2D eigenvalue weighted by molar-refractivity contribution is 5.90. The van der Waals surface area contributed by atoms with Crippen LogP contribution in [-0.4, -0.2) is 66.2 Å². The van der Waals surface area contributed by atoms with Gasteiger partial charge in [-0.15, -0.1) is 0 Å². The van der Waals surface area contributed by atoms with Gasteiger partial charge in [-0.2, -0.15) is 0 Å². The van der Waals surface area contributed by atoms with Gasteiger partial charge in [-0.25, -0.2) is 19.6 Å². The van der Waals surface area contributed by atoms with Crippen LogP contribution in [0, 0.1) is 11.8 Å². The number of aromatic nitrogens is 4. The maximum atomic E-state index is 13.1. The zero-order valence-electron chi connectivity index (χ0n) is 32.2. The summed E-state index contributed by atoms with van der Waals surface area (Å²) in [5.74, 6) is 2.35. The molecule has 3 aromatic carbocycles. The van der Waals surface area contributed by atoms with Crippen LogP contribution in [0.1, 0.15) is 98.4 Å². The third-order valence-corrected chi connectivity index (χ3v) is 10.1. The Balaban J connectivity index is 1.05. The summed E-state index contributed by atoms with van der Waals surface area (Å²) in [7, 11) is 0. The fourth-order valence-corrected chi connectivity index (χ4v) is 7.53. The van der Waals surface area contributed by atoms with Crippen molar-refractivity contribution in [1.82, 2.24) is 29.7 Å². The molecule has 0 unspecified atom stereocenters. The molecule has 4 atom stereocenters. The highest BCUT2D eigenvalue weighted by Gasteiger charge is 2.38. The number of hydrogen-bond donors (Lipinski definition) is 2. The molecule has 2 aromatic heterocycles. The van der Waals surface area contributed by atoms with Gasteiger partial charge in [0.15, 0.2) is 0 Å². The molecule has 0 aliphatic carbocycles. The minimum Gasteiger partial charge on any atom is -0.444 e. The van der Waals surface area contributed by atoms with Crippen LogP contribution in [-0.2, 0) is 9.47 Å². The molecule has 2 amide bonds. The molecule has 2 N–H and O–H groups in total. The van der Waals surface area contributed by atoms with Crippen LogP contribution in [0.4, 0.5) is 9.59 Å². The van der Waals surface area contributed by atoms with Crippen LogP contribution in [0.15, 0.2) is 73.1 Å². The van der Waals surface area contributed by atoms with E-state index in [2.05, 4.69) is 84.5 Å². The van der Waals surface area contributed by atoms with E-state index in [4.69, 9.17) is 19.4 Å². The molecule has 7 rings (SSSR count). The van der Waals surface area contributed by atoms with Gasteiger partial charge in [-0.05, 0) is 112 Å². The standard InChI is InChI=1S/C43H52N6O4/c1-26-9-18-36(48(24-26)40(50)52-42(3,4)5)38-44-22-34(46-38)29-12-10-28(11-13-29)30-14-15-32-21-33(17-16-31(32)20-30)35-23-45-39(47-35)37-19-27(2)25-49(37)41(51)53-43(6,7)8/h10-17,20-23,26-27,36-37H,9,18-19,24-25H2,1-8H3,(H,44,46)(H,45,47)/t26-,27-,36-,37-/m0/s1. The van der Waals surface area contributed by atoms with Gasteiger partial charge in [0.25, 0.3) is 0 Å². The Morgan fingerprint density at radius 1 is 0.623 bits per heavy atom. The van der Waals surface area contributed by atoms with E-state index in [9.17, 15) is 9.59 Å². The second-order valence-electron chi connectivity index (χ2n) is 17.0. The predicted octanol–water partition coefficient (Wildman–Crippen LogP) is 10.3. The lowest BCUT2D eigenvalue weighted by Crippen LogP contribution is -2.44. The minimum absolute atomic E-state index is 0.145. The van der Waals surface area contributed by atoms with Gasteiger partial charge in [0.1, 0.15) is 22.9 Å². The molecule has 4 heterocycles. The fourth-order valence-electron chi connectivity index (χ4n) is 7.53. The lowest BCUT2D eigenvalue weighted by molar-refractivity contribution is 0.00249. The number of amides is 2. The molecule has 0 saturated carbocycles. The summed E-state index contributed by atoms with van der Waals surface area (Å²) in [6.07, 6.45) is 5.84. The molecule has 5 aromatic rings. The predicted molar refractivity (Wildman–Crippen MR) is 208 cm³/mol. The quantitative estimate of drug-likeness (QED) is 0.187. The molecule has 2 aliphatic heterocycles. The van der Waals surface area contributed by atoms with Crippen LogP contribution in [0.2, 0.25) is 0 Å². The van der Waals surface area contributed by atoms with Gasteiger partial charge in [-0.3, -0.25) is 9.80 Å². The lowest BCUT2D eigenvalue weighted by atomic mass is 9.94. The average molecular weight is 717 g/mol. The molecular formula is C43H52N6O4. The maximum Gasteiger partial charge on any atom is 0.410 e.